The number of nitrogens with one attached hydrogen (secondary N) is 3. The van der Waals surface area contributed by atoms with Crippen molar-refractivity contribution in [3.63, 3.8) is 0 Å². The Kier molecular flexibility index (Phi) is 3.29. The van der Waals surface area contributed by atoms with Crippen molar-refractivity contribution in [2.45, 2.75) is 25.5 Å². The van der Waals surface area contributed by atoms with Crippen LogP contribution in [0.3, 0.4) is 0 Å². The zero-order chi connectivity index (χ0) is 13.2. The lowest BCUT2D eigenvalue weighted by molar-refractivity contribution is 0.0867. The van der Waals surface area contributed by atoms with Crippen molar-refractivity contribution in [3.8, 4) is 0 Å². The van der Waals surface area contributed by atoms with E-state index in [0.29, 0.717) is 5.56 Å². The predicted molar refractivity (Wildman–Crippen MR) is 74.7 cm³/mol. The third kappa shape index (κ3) is 2.38. The molecule has 2 unspecified atom stereocenters. The monoisotopic (exact) mass is 261 g/mol. The maximum atomic E-state index is 12.4. The summed E-state index contributed by atoms with van der Waals surface area (Å²) in [6, 6.07) is 5.86. The van der Waals surface area contributed by atoms with Gasteiger partial charge in [-0.15, -0.1) is 0 Å². The lowest BCUT2D eigenvalue weighted by Crippen LogP contribution is -2.39. The quantitative estimate of drug-likeness (QED) is 0.753. The van der Waals surface area contributed by atoms with Crippen LogP contribution in [0.25, 0.3) is 0 Å². The van der Waals surface area contributed by atoms with E-state index in [4.69, 9.17) is 4.74 Å². The molecule has 0 aromatic heterocycles. The summed E-state index contributed by atoms with van der Waals surface area (Å²) in [5.74, 6) is -0.0320. The predicted octanol–water partition coefficient (Wildman–Crippen LogP) is 1.43. The zero-order valence-electron chi connectivity index (χ0n) is 11.0. The minimum atomic E-state index is -0.0320. The Balaban J connectivity index is 1.80. The van der Waals surface area contributed by atoms with Crippen LogP contribution in [-0.2, 0) is 4.74 Å². The van der Waals surface area contributed by atoms with Crippen LogP contribution in [0.4, 0.5) is 11.4 Å². The number of benzene rings is 1. The molecule has 0 bridgehead atoms. The molecule has 0 radical (unpaired) electrons. The number of carbonyl (C=O) groups excluding carboxylic acids is 1. The summed E-state index contributed by atoms with van der Waals surface area (Å²) in [6.45, 7) is 4.43. The number of hydrogen-bond acceptors (Lipinski definition) is 4. The number of carbonyl (C=O) groups is 1. The molecular formula is C14H19N3O2. The molecule has 3 N–H and O–H groups in total. The summed E-state index contributed by atoms with van der Waals surface area (Å²) in [4.78, 5) is 12.4. The molecule has 1 saturated heterocycles. The van der Waals surface area contributed by atoms with E-state index < -0.39 is 0 Å². The highest BCUT2D eigenvalue weighted by atomic mass is 16.5. The molecule has 1 fully saturated rings. The van der Waals surface area contributed by atoms with Crippen molar-refractivity contribution in [2.75, 3.05) is 30.3 Å². The maximum Gasteiger partial charge on any atom is 0.253 e. The molecule has 0 saturated carbocycles. The Labute approximate surface area is 112 Å². The number of para-hydroxylation sites is 1. The Morgan fingerprint density at radius 3 is 3.00 bits per heavy atom. The van der Waals surface area contributed by atoms with Crippen LogP contribution in [0, 0.1) is 0 Å². The Hall–Kier alpha value is -1.75. The van der Waals surface area contributed by atoms with Crippen LogP contribution in [0.5, 0.6) is 0 Å². The van der Waals surface area contributed by atoms with Gasteiger partial charge < -0.3 is 20.7 Å². The highest BCUT2D eigenvalue weighted by molar-refractivity contribution is 6.03. The molecule has 2 heterocycles. The topological polar surface area (TPSA) is 62.4 Å². The summed E-state index contributed by atoms with van der Waals surface area (Å²) >= 11 is 0. The molecule has 2 aliphatic heterocycles. The van der Waals surface area contributed by atoms with Crippen molar-refractivity contribution < 1.29 is 9.53 Å². The largest absolute Gasteiger partial charge is 0.382 e. The van der Waals surface area contributed by atoms with Gasteiger partial charge in [-0.05, 0) is 25.5 Å². The van der Waals surface area contributed by atoms with Gasteiger partial charge in [0.15, 0.2) is 0 Å². The molecular weight excluding hydrogens is 242 g/mol. The second-order valence-electron chi connectivity index (χ2n) is 5.03. The van der Waals surface area contributed by atoms with Crippen molar-refractivity contribution >= 4 is 17.3 Å². The molecule has 5 nitrogen and oxygen atoms in total. The molecule has 19 heavy (non-hydrogen) atoms. The summed E-state index contributed by atoms with van der Waals surface area (Å²) < 4.78 is 5.47. The van der Waals surface area contributed by atoms with Crippen LogP contribution >= 0.6 is 0 Å². The lowest BCUT2D eigenvalue weighted by Gasteiger charge is -2.23. The van der Waals surface area contributed by atoms with Crippen molar-refractivity contribution in [1.29, 1.82) is 0 Å². The summed E-state index contributed by atoms with van der Waals surface area (Å²) in [5, 5.41) is 9.65. The van der Waals surface area contributed by atoms with Gasteiger partial charge in [0, 0.05) is 19.7 Å². The van der Waals surface area contributed by atoms with Crippen LogP contribution in [0.2, 0.25) is 0 Å². The number of ether oxygens (including phenoxy) is 1. The smallest absolute Gasteiger partial charge is 0.253 e. The second-order valence-corrected chi connectivity index (χ2v) is 5.03. The fourth-order valence-corrected chi connectivity index (χ4v) is 2.63. The molecule has 0 spiro atoms. The average molecular weight is 261 g/mol. The first-order valence-electron chi connectivity index (χ1n) is 6.79. The van der Waals surface area contributed by atoms with E-state index >= 15 is 0 Å². The third-order valence-electron chi connectivity index (χ3n) is 3.74. The van der Waals surface area contributed by atoms with Crippen molar-refractivity contribution in [1.82, 2.24) is 5.32 Å². The van der Waals surface area contributed by atoms with E-state index in [0.717, 1.165) is 37.5 Å². The van der Waals surface area contributed by atoms with E-state index in [1.807, 2.05) is 25.1 Å². The van der Waals surface area contributed by atoms with Gasteiger partial charge in [-0.25, -0.2) is 0 Å². The lowest BCUT2D eigenvalue weighted by atomic mass is 10.1. The first-order valence-corrected chi connectivity index (χ1v) is 6.79. The van der Waals surface area contributed by atoms with E-state index in [-0.39, 0.29) is 18.1 Å². The normalized spacial score (nSPS) is 25.1. The van der Waals surface area contributed by atoms with E-state index in [1.54, 1.807) is 0 Å². The van der Waals surface area contributed by atoms with Gasteiger partial charge in [0.2, 0.25) is 0 Å². The van der Waals surface area contributed by atoms with Crippen LogP contribution in [0.15, 0.2) is 18.2 Å². The Morgan fingerprint density at radius 1 is 1.37 bits per heavy atom. The van der Waals surface area contributed by atoms with Crippen LogP contribution in [0.1, 0.15) is 23.7 Å². The van der Waals surface area contributed by atoms with Gasteiger partial charge in [-0.2, -0.15) is 0 Å². The van der Waals surface area contributed by atoms with Gasteiger partial charge in [-0.1, -0.05) is 6.07 Å². The standard InChI is InChI=1S/C14H19N3O2/c1-9-11(5-8-19-9)17-14(18)10-3-2-4-12-13(10)16-7-6-15-12/h2-4,9,11,15-16H,5-8H2,1H3,(H,17,18). The van der Waals surface area contributed by atoms with Gasteiger partial charge in [0.05, 0.1) is 29.1 Å². The van der Waals surface area contributed by atoms with Gasteiger partial charge in [0.25, 0.3) is 5.91 Å². The molecule has 0 aliphatic carbocycles. The molecule has 2 aliphatic rings. The summed E-state index contributed by atoms with van der Waals surface area (Å²) in [7, 11) is 0. The maximum absolute atomic E-state index is 12.4. The fourth-order valence-electron chi connectivity index (χ4n) is 2.63. The summed E-state index contributed by atoms with van der Waals surface area (Å²) in [5.41, 5.74) is 2.59. The SMILES string of the molecule is CC1OCCC1NC(=O)c1cccc2c1NCCN2. The van der Waals surface area contributed by atoms with Crippen LogP contribution in [-0.4, -0.2) is 37.7 Å². The highest BCUT2D eigenvalue weighted by Crippen LogP contribution is 2.28. The molecule has 3 rings (SSSR count). The van der Waals surface area contributed by atoms with Crippen molar-refractivity contribution in [2.24, 2.45) is 0 Å². The molecule has 2 atom stereocenters. The molecule has 1 amide bonds. The molecule has 1 aromatic rings. The van der Waals surface area contributed by atoms with Crippen molar-refractivity contribution in [3.05, 3.63) is 23.8 Å². The third-order valence-corrected chi connectivity index (χ3v) is 3.74. The first kappa shape index (κ1) is 12.3. The number of hydrogen-bond donors (Lipinski definition) is 3. The number of fused-ring (bicyclic) bond motifs is 1. The highest BCUT2D eigenvalue weighted by Gasteiger charge is 2.27. The van der Waals surface area contributed by atoms with Gasteiger partial charge in [-0.3, -0.25) is 4.79 Å². The van der Waals surface area contributed by atoms with Gasteiger partial charge >= 0.3 is 0 Å². The van der Waals surface area contributed by atoms with Gasteiger partial charge in [0.1, 0.15) is 0 Å². The van der Waals surface area contributed by atoms with E-state index in [9.17, 15) is 4.79 Å². The minimum Gasteiger partial charge on any atom is -0.382 e. The zero-order valence-corrected chi connectivity index (χ0v) is 11.0. The number of rotatable bonds is 2. The summed E-state index contributed by atoms with van der Waals surface area (Å²) in [6.07, 6.45) is 0.975. The van der Waals surface area contributed by atoms with E-state index in [1.165, 1.54) is 0 Å². The fraction of sp³-hybridized carbons (Fsp3) is 0.500. The minimum absolute atomic E-state index is 0.0320. The molecule has 5 heteroatoms. The molecule has 1 aromatic carbocycles. The van der Waals surface area contributed by atoms with Crippen LogP contribution < -0.4 is 16.0 Å². The first-order chi connectivity index (χ1) is 9.25. The number of amides is 1. The Bertz CT molecular complexity index is 490. The molecule has 102 valence electrons. The second kappa shape index (κ2) is 5.09. The van der Waals surface area contributed by atoms with E-state index in [2.05, 4.69) is 16.0 Å². The average Bonchev–Trinajstić information content (AvgIpc) is 2.83. The number of anilines is 2. The Morgan fingerprint density at radius 2 is 2.21 bits per heavy atom.